The summed E-state index contributed by atoms with van der Waals surface area (Å²) >= 11 is 0. The number of carbonyl (C=O) groups excluding carboxylic acids is 2. The minimum Gasteiger partial charge on any atom is -0.330 e. The average molecular weight is 395 g/mol. The van der Waals surface area contributed by atoms with Crippen LogP contribution in [0.15, 0.2) is 60.7 Å². The number of halogens is 2. The fourth-order valence-corrected chi connectivity index (χ4v) is 2.75. The van der Waals surface area contributed by atoms with Gasteiger partial charge in [-0.2, -0.15) is 0 Å². The summed E-state index contributed by atoms with van der Waals surface area (Å²) in [5.41, 5.74) is 0.878. The topological polar surface area (TPSA) is 62.3 Å². The van der Waals surface area contributed by atoms with Crippen molar-refractivity contribution in [1.29, 1.82) is 0 Å². The van der Waals surface area contributed by atoms with Crippen LogP contribution in [0.1, 0.15) is 12.6 Å². The number of aromatic nitrogens is 1. The number of rotatable bonds is 6. The number of likely N-dealkylation sites (N-methyl/N-ethyl adjacent to an activating group) is 1. The lowest BCUT2D eigenvalue weighted by atomic mass is 10.2. The van der Waals surface area contributed by atoms with Crippen molar-refractivity contribution in [2.24, 2.45) is 0 Å². The molecule has 0 fully saturated rings. The van der Waals surface area contributed by atoms with Crippen LogP contribution in [0.3, 0.4) is 0 Å². The minimum absolute atomic E-state index is 0.251. The van der Waals surface area contributed by atoms with E-state index in [1.54, 1.807) is 19.1 Å². The lowest BCUT2D eigenvalue weighted by Gasteiger charge is -2.18. The van der Waals surface area contributed by atoms with E-state index in [-0.39, 0.29) is 13.1 Å². The fourth-order valence-electron chi connectivity index (χ4n) is 2.75. The molecule has 1 heterocycles. The summed E-state index contributed by atoms with van der Waals surface area (Å²) in [6.07, 6.45) is 2.88. The molecule has 0 saturated carbocycles. The molecule has 5 nitrogen and oxygen atoms in total. The lowest BCUT2D eigenvalue weighted by Crippen LogP contribution is -2.37. The number of nitrogens with zero attached hydrogens (tertiary/aromatic N) is 2. The summed E-state index contributed by atoms with van der Waals surface area (Å²) in [6, 6.07) is 14.6. The Labute approximate surface area is 166 Å². The van der Waals surface area contributed by atoms with Crippen molar-refractivity contribution in [2.75, 3.05) is 18.4 Å². The quantitative estimate of drug-likeness (QED) is 0.642. The monoisotopic (exact) mass is 395 g/mol. The number of fused-ring (bicyclic) bond motifs is 1. The maximum absolute atomic E-state index is 13.7. The highest BCUT2D eigenvalue weighted by atomic mass is 19.1. The highest BCUT2D eigenvalue weighted by Gasteiger charge is 2.16. The Hall–Kier alpha value is -3.61. The van der Waals surface area contributed by atoms with Crippen LogP contribution in [-0.4, -0.2) is 34.8 Å². The molecule has 0 aliphatic rings. The minimum atomic E-state index is -0.880. The fraction of sp³-hybridized carbons (Fsp3) is 0.136. The second-order valence-electron chi connectivity index (χ2n) is 6.26. The first-order valence-electron chi connectivity index (χ1n) is 9.04. The van der Waals surface area contributed by atoms with E-state index in [1.807, 2.05) is 30.3 Å². The molecule has 0 spiro atoms. The molecule has 3 rings (SSSR count). The Bertz CT molecular complexity index is 1060. The molecule has 148 valence electrons. The second-order valence-corrected chi connectivity index (χ2v) is 6.26. The number of para-hydroxylation sites is 2. The maximum atomic E-state index is 13.7. The van der Waals surface area contributed by atoms with Crippen LogP contribution in [0.5, 0.6) is 0 Å². The van der Waals surface area contributed by atoms with Gasteiger partial charge in [-0.1, -0.05) is 30.3 Å². The molecule has 0 unspecified atom stereocenters. The largest absolute Gasteiger partial charge is 0.330 e. The zero-order chi connectivity index (χ0) is 20.8. The van der Waals surface area contributed by atoms with E-state index in [9.17, 15) is 18.4 Å². The van der Waals surface area contributed by atoms with E-state index in [0.29, 0.717) is 5.69 Å². The summed E-state index contributed by atoms with van der Waals surface area (Å²) in [5.74, 6) is -2.86. The zero-order valence-electron chi connectivity index (χ0n) is 15.7. The van der Waals surface area contributed by atoms with Gasteiger partial charge in [0.05, 0.1) is 11.2 Å². The SMILES string of the molecule is CCN(CC(=O)Nc1c(F)cccc1F)C(=O)C=Cc1ccc2ccccc2n1. The van der Waals surface area contributed by atoms with Crippen molar-refractivity contribution < 1.29 is 18.4 Å². The smallest absolute Gasteiger partial charge is 0.247 e. The molecule has 3 aromatic rings. The van der Waals surface area contributed by atoms with Crippen molar-refractivity contribution in [2.45, 2.75) is 6.92 Å². The van der Waals surface area contributed by atoms with Crippen molar-refractivity contribution in [3.63, 3.8) is 0 Å². The number of amides is 2. The molecule has 0 aliphatic heterocycles. The lowest BCUT2D eigenvalue weighted by molar-refractivity contribution is -0.130. The Kier molecular flexibility index (Phi) is 6.29. The van der Waals surface area contributed by atoms with Crippen molar-refractivity contribution in [3.8, 4) is 0 Å². The van der Waals surface area contributed by atoms with Crippen molar-refractivity contribution in [3.05, 3.63) is 78.0 Å². The van der Waals surface area contributed by atoms with Gasteiger partial charge < -0.3 is 10.2 Å². The number of hydrogen-bond acceptors (Lipinski definition) is 3. The summed E-state index contributed by atoms with van der Waals surface area (Å²) in [4.78, 5) is 30.3. The Morgan fingerprint density at radius 3 is 2.48 bits per heavy atom. The number of nitrogens with one attached hydrogen (secondary N) is 1. The van der Waals surface area contributed by atoms with E-state index in [4.69, 9.17) is 0 Å². The van der Waals surface area contributed by atoms with E-state index in [2.05, 4.69) is 10.3 Å². The van der Waals surface area contributed by atoms with E-state index < -0.39 is 29.1 Å². The average Bonchev–Trinajstić information content (AvgIpc) is 2.73. The van der Waals surface area contributed by atoms with Crippen molar-refractivity contribution in [1.82, 2.24) is 9.88 Å². The van der Waals surface area contributed by atoms with Gasteiger partial charge in [0.25, 0.3) is 0 Å². The molecular weight excluding hydrogens is 376 g/mol. The molecule has 7 heteroatoms. The summed E-state index contributed by atoms with van der Waals surface area (Å²) < 4.78 is 27.3. The van der Waals surface area contributed by atoms with Gasteiger partial charge in [0.15, 0.2) is 0 Å². The molecule has 0 aliphatic carbocycles. The molecule has 1 N–H and O–H groups in total. The number of benzene rings is 2. The number of carbonyl (C=O) groups is 2. The molecule has 0 atom stereocenters. The van der Waals surface area contributed by atoms with Gasteiger partial charge in [0.2, 0.25) is 11.8 Å². The zero-order valence-corrected chi connectivity index (χ0v) is 15.7. The Balaban J connectivity index is 1.66. The third-order valence-corrected chi connectivity index (χ3v) is 4.27. The number of pyridine rings is 1. The highest BCUT2D eigenvalue weighted by Crippen LogP contribution is 2.18. The van der Waals surface area contributed by atoms with Crippen LogP contribution in [0.25, 0.3) is 17.0 Å². The van der Waals surface area contributed by atoms with E-state index >= 15 is 0 Å². The van der Waals surface area contributed by atoms with E-state index in [1.165, 1.54) is 17.0 Å². The summed E-state index contributed by atoms with van der Waals surface area (Å²) in [6.45, 7) is 1.62. The first kappa shape index (κ1) is 20.1. The number of anilines is 1. The van der Waals surface area contributed by atoms with Gasteiger partial charge >= 0.3 is 0 Å². The van der Waals surface area contributed by atoms with Crippen LogP contribution in [0.2, 0.25) is 0 Å². The van der Waals surface area contributed by atoms with Gasteiger partial charge in [-0.3, -0.25) is 9.59 Å². The number of hydrogen-bond donors (Lipinski definition) is 1. The first-order valence-corrected chi connectivity index (χ1v) is 9.04. The predicted octanol–water partition coefficient (Wildman–Crippen LogP) is 4.01. The predicted molar refractivity (Wildman–Crippen MR) is 108 cm³/mol. The Morgan fingerprint density at radius 2 is 1.76 bits per heavy atom. The molecule has 0 saturated heterocycles. The maximum Gasteiger partial charge on any atom is 0.247 e. The molecule has 2 amide bonds. The molecule has 29 heavy (non-hydrogen) atoms. The van der Waals surface area contributed by atoms with Crippen LogP contribution in [-0.2, 0) is 9.59 Å². The summed E-state index contributed by atoms with van der Waals surface area (Å²) in [7, 11) is 0. The van der Waals surface area contributed by atoms with Gasteiger partial charge in [-0.05, 0) is 37.3 Å². The van der Waals surface area contributed by atoms with Gasteiger partial charge in [-0.25, -0.2) is 13.8 Å². The van der Waals surface area contributed by atoms with Crippen molar-refractivity contribution >= 4 is 34.5 Å². The van der Waals surface area contributed by atoms with Crippen LogP contribution in [0.4, 0.5) is 14.5 Å². The normalized spacial score (nSPS) is 11.0. The molecule has 1 aromatic heterocycles. The first-order chi connectivity index (χ1) is 14.0. The van der Waals surface area contributed by atoms with Gasteiger partial charge in [0, 0.05) is 18.0 Å². The molecule has 0 radical (unpaired) electrons. The molecular formula is C22H19F2N3O2. The third kappa shape index (κ3) is 5.01. The molecule has 0 bridgehead atoms. The summed E-state index contributed by atoms with van der Waals surface area (Å²) in [5, 5.41) is 3.16. The second kappa shape index (κ2) is 9.05. The van der Waals surface area contributed by atoms with Crippen LogP contribution < -0.4 is 5.32 Å². The van der Waals surface area contributed by atoms with E-state index in [0.717, 1.165) is 23.0 Å². The third-order valence-electron chi connectivity index (χ3n) is 4.27. The Morgan fingerprint density at radius 1 is 1.03 bits per heavy atom. The van der Waals surface area contributed by atoms with Crippen LogP contribution >= 0.6 is 0 Å². The standard InChI is InChI=1S/C22H19F2N3O2/c1-2-27(14-20(28)26-22-17(23)7-5-8-18(22)24)21(29)13-12-16-11-10-15-6-3-4-9-19(15)25-16/h3-13H,2,14H2,1H3,(H,26,28). The van der Waals surface area contributed by atoms with Gasteiger partial charge in [0.1, 0.15) is 23.9 Å². The van der Waals surface area contributed by atoms with Gasteiger partial charge in [-0.15, -0.1) is 0 Å². The van der Waals surface area contributed by atoms with Crippen LogP contribution in [0, 0.1) is 11.6 Å². The highest BCUT2D eigenvalue weighted by molar-refractivity contribution is 5.98. The molecule has 2 aromatic carbocycles.